The summed E-state index contributed by atoms with van der Waals surface area (Å²) in [6.07, 6.45) is 3.83. The highest BCUT2D eigenvalue weighted by atomic mass is 16.5. The van der Waals surface area contributed by atoms with E-state index in [0.717, 1.165) is 67.8 Å². The highest BCUT2D eigenvalue weighted by molar-refractivity contribution is 5.75. The number of anilines is 1. The number of aryl methyl sites for hydroxylation is 1. The molecule has 0 unspecified atom stereocenters. The van der Waals surface area contributed by atoms with Crippen LogP contribution in [-0.4, -0.2) is 58.2 Å². The lowest BCUT2D eigenvalue weighted by Crippen LogP contribution is -2.37. The number of ether oxygens (including phenoxy) is 1. The predicted octanol–water partition coefficient (Wildman–Crippen LogP) is 2.13. The van der Waals surface area contributed by atoms with Crippen LogP contribution < -0.4 is 4.90 Å². The summed E-state index contributed by atoms with van der Waals surface area (Å²) < 4.78 is 5.37. The van der Waals surface area contributed by atoms with Crippen molar-refractivity contribution >= 4 is 17.0 Å². The Hall–Kier alpha value is -2.51. The Balaban J connectivity index is 1.38. The molecule has 0 amide bonds. The Morgan fingerprint density at radius 2 is 1.92 bits per heavy atom. The molecule has 0 saturated carbocycles. The molecule has 1 N–H and O–H groups in total. The quantitative estimate of drug-likeness (QED) is 0.759. The minimum Gasteiger partial charge on any atom is -0.378 e. The molecule has 1 saturated heterocycles. The van der Waals surface area contributed by atoms with Gasteiger partial charge in [0.25, 0.3) is 0 Å². The summed E-state index contributed by atoms with van der Waals surface area (Å²) in [5.41, 5.74) is 4.43. The van der Waals surface area contributed by atoms with Gasteiger partial charge < -0.3 is 14.6 Å². The van der Waals surface area contributed by atoms with E-state index in [1.807, 2.05) is 12.4 Å². The fourth-order valence-corrected chi connectivity index (χ4v) is 3.23. The number of fused-ring (bicyclic) bond motifs is 1. The van der Waals surface area contributed by atoms with Gasteiger partial charge in [0.1, 0.15) is 5.82 Å². The molecule has 0 bridgehead atoms. The van der Waals surface area contributed by atoms with Crippen molar-refractivity contribution in [3.05, 3.63) is 47.5 Å². The first-order valence-electron chi connectivity index (χ1n) is 8.95. The number of hydrogen-bond donors (Lipinski definition) is 1. The molecule has 1 aliphatic heterocycles. The molecule has 2 aromatic heterocycles. The highest BCUT2D eigenvalue weighted by Crippen LogP contribution is 2.15. The highest BCUT2D eigenvalue weighted by Gasteiger charge is 2.14. The second-order valence-corrected chi connectivity index (χ2v) is 6.87. The van der Waals surface area contributed by atoms with Crippen molar-refractivity contribution in [3.63, 3.8) is 0 Å². The number of aromatic nitrogens is 4. The maximum absolute atomic E-state index is 5.37. The lowest BCUT2D eigenvalue weighted by atomic mass is 10.2. The summed E-state index contributed by atoms with van der Waals surface area (Å²) in [6.45, 7) is 6.80. The Labute approximate surface area is 153 Å². The van der Waals surface area contributed by atoms with Gasteiger partial charge >= 0.3 is 0 Å². The summed E-state index contributed by atoms with van der Waals surface area (Å²) in [5.74, 6) is 1.76. The van der Waals surface area contributed by atoms with E-state index in [1.165, 1.54) is 5.56 Å². The molecule has 1 fully saturated rings. The monoisotopic (exact) mass is 352 g/mol. The smallest absolute Gasteiger partial charge is 0.225 e. The second-order valence-electron chi connectivity index (χ2n) is 6.87. The van der Waals surface area contributed by atoms with Gasteiger partial charge in [-0.3, -0.25) is 4.90 Å². The summed E-state index contributed by atoms with van der Waals surface area (Å²) >= 11 is 0. The van der Waals surface area contributed by atoms with Gasteiger partial charge in [0.15, 0.2) is 0 Å². The first-order valence-corrected chi connectivity index (χ1v) is 8.95. The van der Waals surface area contributed by atoms with E-state index >= 15 is 0 Å². The molecule has 4 rings (SSSR count). The summed E-state index contributed by atoms with van der Waals surface area (Å²) in [4.78, 5) is 21.5. The van der Waals surface area contributed by atoms with Gasteiger partial charge in [0.05, 0.1) is 30.8 Å². The minimum absolute atomic E-state index is 0.741. The van der Waals surface area contributed by atoms with E-state index in [-0.39, 0.29) is 0 Å². The first kappa shape index (κ1) is 16.9. The zero-order chi connectivity index (χ0) is 17.9. The van der Waals surface area contributed by atoms with Crippen LogP contribution in [0.2, 0.25) is 0 Å². The van der Waals surface area contributed by atoms with E-state index in [4.69, 9.17) is 4.74 Å². The van der Waals surface area contributed by atoms with Crippen molar-refractivity contribution in [2.24, 2.45) is 0 Å². The molecular weight excluding hydrogens is 328 g/mol. The average molecular weight is 352 g/mol. The van der Waals surface area contributed by atoms with Crippen molar-refractivity contribution in [1.82, 2.24) is 24.8 Å². The molecular formula is C19H24N6O. The van der Waals surface area contributed by atoms with Gasteiger partial charge in [-0.15, -0.1) is 0 Å². The van der Waals surface area contributed by atoms with E-state index in [0.29, 0.717) is 0 Å². The fourth-order valence-electron chi connectivity index (χ4n) is 3.23. The van der Waals surface area contributed by atoms with Gasteiger partial charge in [-0.1, -0.05) is 6.07 Å². The van der Waals surface area contributed by atoms with Gasteiger partial charge in [-0.25, -0.2) is 15.0 Å². The number of morpholine rings is 1. The zero-order valence-corrected chi connectivity index (χ0v) is 15.3. The van der Waals surface area contributed by atoms with E-state index in [1.54, 1.807) is 0 Å². The van der Waals surface area contributed by atoms with E-state index < -0.39 is 0 Å². The molecule has 3 aromatic rings. The number of benzene rings is 1. The lowest BCUT2D eigenvalue weighted by Gasteiger charge is -2.26. The standard InChI is InChI=1S/C19H24N6O/c1-14-3-4-16-17(9-14)23-18(22-16)13-24(2)12-15-10-20-19(21-11-15)25-5-7-26-8-6-25/h3-4,9-11H,5-8,12-13H2,1-2H3,(H,22,23). The van der Waals surface area contributed by atoms with E-state index in [9.17, 15) is 0 Å². The van der Waals surface area contributed by atoms with Crippen LogP contribution in [0.4, 0.5) is 5.95 Å². The molecule has 3 heterocycles. The molecule has 1 aliphatic rings. The topological polar surface area (TPSA) is 70.2 Å². The number of nitrogens with zero attached hydrogens (tertiary/aromatic N) is 5. The Morgan fingerprint density at radius 1 is 1.15 bits per heavy atom. The maximum atomic E-state index is 5.37. The number of nitrogens with one attached hydrogen (secondary N) is 1. The first-order chi connectivity index (χ1) is 12.7. The molecule has 7 heteroatoms. The number of H-pyrrole nitrogens is 1. The summed E-state index contributed by atoms with van der Waals surface area (Å²) in [7, 11) is 2.08. The van der Waals surface area contributed by atoms with Crippen LogP contribution in [0.1, 0.15) is 17.0 Å². The molecule has 0 radical (unpaired) electrons. The van der Waals surface area contributed by atoms with Gasteiger partial charge in [-0.2, -0.15) is 0 Å². The molecule has 0 spiro atoms. The van der Waals surface area contributed by atoms with Crippen molar-refractivity contribution < 1.29 is 4.74 Å². The van der Waals surface area contributed by atoms with Gasteiger partial charge in [0.2, 0.25) is 5.95 Å². The normalized spacial score (nSPS) is 15.1. The van der Waals surface area contributed by atoms with Crippen LogP contribution in [0.25, 0.3) is 11.0 Å². The minimum atomic E-state index is 0.741. The summed E-state index contributed by atoms with van der Waals surface area (Å²) in [5, 5.41) is 0. The van der Waals surface area contributed by atoms with Crippen LogP contribution >= 0.6 is 0 Å². The van der Waals surface area contributed by atoms with Crippen LogP contribution in [0.5, 0.6) is 0 Å². The average Bonchev–Trinajstić information content (AvgIpc) is 3.04. The second kappa shape index (κ2) is 7.39. The Kier molecular flexibility index (Phi) is 4.81. The molecule has 0 aliphatic carbocycles. The number of rotatable bonds is 5. The Morgan fingerprint density at radius 3 is 2.69 bits per heavy atom. The van der Waals surface area contributed by atoms with Gasteiger partial charge in [-0.05, 0) is 31.7 Å². The number of imidazole rings is 1. The lowest BCUT2D eigenvalue weighted by molar-refractivity contribution is 0.122. The molecule has 1 aromatic carbocycles. The van der Waals surface area contributed by atoms with Crippen LogP contribution in [0, 0.1) is 6.92 Å². The Bertz CT molecular complexity index is 869. The third kappa shape index (κ3) is 3.84. The maximum Gasteiger partial charge on any atom is 0.225 e. The number of aromatic amines is 1. The fraction of sp³-hybridized carbons (Fsp3) is 0.421. The van der Waals surface area contributed by atoms with Crippen molar-refractivity contribution in [3.8, 4) is 0 Å². The third-order valence-electron chi connectivity index (χ3n) is 4.54. The molecule has 26 heavy (non-hydrogen) atoms. The number of hydrogen-bond acceptors (Lipinski definition) is 6. The molecule has 136 valence electrons. The van der Waals surface area contributed by atoms with Crippen molar-refractivity contribution in [2.75, 3.05) is 38.3 Å². The third-order valence-corrected chi connectivity index (χ3v) is 4.54. The molecule has 7 nitrogen and oxygen atoms in total. The molecule has 0 atom stereocenters. The largest absolute Gasteiger partial charge is 0.378 e. The zero-order valence-electron chi connectivity index (χ0n) is 15.3. The summed E-state index contributed by atoms with van der Waals surface area (Å²) in [6, 6.07) is 6.27. The van der Waals surface area contributed by atoms with E-state index in [2.05, 4.69) is 61.9 Å². The van der Waals surface area contributed by atoms with Gasteiger partial charge in [0, 0.05) is 37.6 Å². The van der Waals surface area contributed by atoms with Crippen molar-refractivity contribution in [2.45, 2.75) is 20.0 Å². The SMILES string of the molecule is Cc1ccc2nc(CN(C)Cc3cnc(N4CCOCC4)nc3)[nH]c2c1. The predicted molar refractivity (Wildman–Crippen MR) is 101 cm³/mol. The van der Waals surface area contributed by atoms with Crippen LogP contribution in [0.15, 0.2) is 30.6 Å². The van der Waals surface area contributed by atoms with Crippen LogP contribution in [-0.2, 0) is 17.8 Å². The van der Waals surface area contributed by atoms with Crippen LogP contribution in [0.3, 0.4) is 0 Å². The van der Waals surface area contributed by atoms with Crippen molar-refractivity contribution in [1.29, 1.82) is 0 Å².